The minimum atomic E-state index is 0.0427. The smallest absolute Gasteiger partial charge is 0.167 e. The van der Waals surface area contributed by atoms with Crippen LogP contribution in [0.25, 0.3) is 0 Å². The molecule has 2 rings (SSSR count). The molecule has 0 fully saturated rings. The first-order valence-electron chi connectivity index (χ1n) is 6.13. The van der Waals surface area contributed by atoms with Gasteiger partial charge in [-0.3, -0.25) is 4.79 Å². The second-order valence-electron chi connectivity index (χ2n) is 4.52. The molecular formula is C16H14BrClO2. The summed E-state index contributed by atoms with van der Waals surface area (Å²) in [6.45, 7) is 1.96. The highest BCUT2D eigenvalue weighted by atomic mass is 79.9. The number of ether oxygens (including phenoxy) is 1. The Morgan fingerprint density at radius 2 is 2.00 bits per heavy atom. The van der Waals surface area contributed by atoms with Gasteiger partial charge in [-0.25, -0.2) is 0 Å². The highest BCUT2D eigenvalue weighted by Gasteiger charge is 2.12. The highest BCUT2D eigenvalue weighted by molar-refractivity contribution is 9.10. The SMILES string of the molecule is COc1ccc(Cl)cc1CC(=O)c1ccc(Br)c(C)c1. The number of Topliss-reactive ketones (excluding diaryl/α,β-unsaturated/α-hetero) is 1. The van der Waals surface area contributed by atoms with Gasteiger partial charge in [0.2, 0.25) is 0 Å². The first-order valence-corrected chi connectivity index (χ1v) is 7.30. The topological polar surface area (TPSA) is 26.3 Å². The summed E-state index contributed by atoms with van der Waals surface area (Å²) < 4.78 is 6.26. The third-order valence-corrected chi connectivity index (χ3v) is 4.20. The number of hydrogen-bond donors (Lipinski definition) is 0. The Bertz CT molecular complexity index is 653. The van der Waals surface area contributed by atoms with E-state index in [1.54, 1.807) is 25.3 Å². The van der Waals surface area contributed by atoms with E-state index in [-0.39, 0.29) is 12.2 Å². The molecule has 0 N–H and O–H groups in total. The van der Waals surface area contributed by atoms with Crippen LogP contribution in [0.1, 0.15) is 21.5 Å². The Labute approximate surface area is 131 Å². The molecule has 0 atom stereocenters. The molecule has 2 aromatic rings. The molecule has 0 amide bonds. The van der Waals surface area contributed by atoms with E-state index in [9.17, 15) is 4.79 Å². The molecule has 2 aromatic carbocycles. The molecule has 0 aliphatic heterocycles. The van der Waals surface area contributed by atoms with E-state index >= 15 is 0 Å². The maximum Gasteiger partial charge on any atom is 0.167 e. The predicted molar refractivity (Wildman–Crippen MR) is 84.9 cm³/mol. The first-order chi connectivity index (χ1) is 9.51. The van der Waals surface area contributed by atoms with Crippen molar-refractivity contribution in [1.82, 2.24) is 0 Å². The summed E-state index contributed by atoms with van der Waals surface area (Å²) in [4.78, 5) is 12.3. The third kappa shape index (κ3) is 3.41. The lowest BCUT2D eigenvalue weighted by molar-refractivity contribution is 0.0992. The van der Waals surface area contributed by atoms with Gasteiger partial charge in [0.05, 0.1) is 7.11 Å². The minimum absolute atomic E-state index is 0.0427. The summed E-state index contributed by atoms with van der Waals surface area (Å²) >= 11 is 9.41. The number of halogens is 2. The van der Waals surface area contributed by atoms with Gasteiger partial charge in [-0.05, 0) is 42.8 Å². The van der Waals surface area contributed by atoms with E-state index in [1.807, 2.05) is 25.1 Å². The standard InChI is InChI=1S/C16H14BrClO2/c1-10-7-11(3-5-14(10)17)15(19)9-12-8-13(18)4-6-16(12)20-2/h3-8H,9H2,1-2H3. The molecule has 104 valence electrons. The zero-order chi connectivity index (χ0) is 14.7. The van der Waals surface area contributed by atoms with E-state index < -0.39 is 0 Å². The van der Waals surface area contributed by atoms with Gasteiger partial charge < -0.3 is 4.74 Å². The quantitative estimate of drug-likeness (QED) is 0.735. The van der Waals surface area contributed by atoms with Crippen LogP contribution in [0.5, 0.6) is 5.75 Å². The van der Waals surface area contributed by atoms with Gasteiger partial charge in [0.25, 0.3) is 0 Å². The molecule has 0 saturated carbocycles. The van der Waals surface area contributed by atoms with E-state index in [0.29, 0.717) is 16.3 Å². The van der Waals surface area contributed by atoms with Crippen molar-refractivity contribution in [3.8, 4) is 5.75 Å². The van der Waals surface area contributed by atoms with E-state index in [0.717, 1.165) is 15.6 Å². The molecule has 0 aliphatic carbocycles. The second-order valence-corrected chi connectivity index (χ2v) is 5.81. The Hall–Kier alpha value is -1.32. The van der Waals surface area contributed by atoms with Crippen molar-refractivity contribution in [2.45, 2.75) is 13.3 Å². The zero-order valence-corrected chi connectivity index (χ0v) is 13.6. The van der Waals surface area contributed by atoms with E-state index in [2.05, 4.69) is 15.9 Å². The van der Waals surface area contributed by atoms with Crippen molar-refractivity contribution in [3.63, 3.8) is 0 Å². The van der Waals surface area contributed by atoms with Crippen molar-refractivity contribution >= 4 is 33.3 Å². The van der Waals surface area contributed by atoms with Gasteiger partial charge in [-0.1, -0.05) is 33.6 Å². The molecule has 2 nitrogen and oxygen atoms in total. The summed E-state index contributed by atoms with van der Waals surface area (Å²) in [5, 5.41) is 0.598. The normalized spacial score (nSPS) is 10.4. The zero-order valence-electron chi connectivity index (χ0n) is 11.2. The fraction of sp³-hybridized carbons (Fsp3) is 0.188. The van der Waals surface area contributed by atoms with Crippen molar-refractivity contribution in [1.29, 1.82) is 0 Å². The molecule has 0 aromatic heterocycles. The molecule has 0 heterocycles. The van der Waals surface area contributed by atoms with Gasteiger partial charge in [0.15, 0.2) is 5.78 Å². The number of methoxy groups -OCH3 is 1. The lowest BCUT2D eigenvalue weighted by atomic mass is 10.0. The highest BCUT2D eigenvalue weighted by Crippen LogP contribution is 2.25. The number of ketones is 1. The Balaban J connectivity index is 2.27. The van der Waals surface area contributed by atoms with Crippen LogP contribution < -0.4 is 4.74 Å². The van der Waals surface area contributed by atoms with Crippen LogP contribution in [0, 0.1) is 6.92 Å². The number of benzene rings is 2. The first kappa shape index (κ1) is 15.1. The van der Waals surface area contributed by atoms with Crippen LogP contribution in [-0.2, 0) is 6.42 Å². The average Bonchev–Trinajstić information content (AvgIpc) is 2.42. The van der Waals surface area contributed by atoms with Crippen molar-refractivity contribution in [2.75, 3.05) is 7.11 Å². The predicted octanol–water partition coefficient (Wildman–Crippen LogP) is 4.84. The number of carbonyl (C=O) groups is 1. The van der Waals surface area contributed by atoms with Crippen molar-refractivity contribution < 1.29 is 9.53 Å². The molecule has 0 radical (unpaired) electrons. The summed E-state index contributed by atoms with van der Waals surface area (Å²) in [6, 6.07) is 10.9. The van der Waals surface area contributed by atoms with Crippen LogP contribution in [0.15, 0.2) is 40.9 Å². The second kappa shape index (κ2) is 6.42. The Morgan fingerprint density at radius 1 is 1.25 bits per heavy atom. The van der Waals surface area contributed by atoms with Crippen LogP contribution >= 0.6 is 27.5 Å². The minimum Gasteiger partial charge on any atom is -0.496 e. The number of rotatable bonds is 4. The Morgan fingerprint density at radius 3 is 2.65 bits per heavy atom. The van der Waals surface area contributed by atoms with Crippen LogP contribution in [0.3, 0.4) is 0 Å². The maximum atomic E-state index is 12.3. The van der Waals surface area contributed by atoms with Crippen LogP contribution in [-0.4, -0.2) is 12.9 Å². The van der Waals surface area contributed by atoms with Crippen molar-refractivity contribution in [3.05, 3.63) is 62.6 Å². The van der Waals surface area contributed by atoms with Gasteiger partial charge in [0.1, 0.15) is 5.75 Å². The van der Waals surface area contributed by atoms with Crippen LogP contribution in [0.4, 0.5) is 0 Å². The fourth-order valence-electron chi connectivity index (χ4n) is 1.98. The van der Waals surface area contributed by atoms with Gasteiger partial charge in [-0.2, -0.15) is 0 Å². The Kier molecular flexibility index (Phi) is 4.84. The largest absolute Gasteiger partial charge is 0.496 e. The summed E-state index contributed by atoms with van der Waals surface area (Å²) in [5.74, 6) is 0.720. The van der Waals surface area contributed by atoms with E-state index in [4.69, 9.17) is 16.3 Å². The molecule has 20 heavy (non-hydrogen) atoms. The molecule has 4 heteroatoms. The average molecular weight is 354 g/mol. The maximum absolute atomic E-state index is 12.3. The van der Waals surface area contributed by atoms with Gasteiger partial charge in [-0.15, -0.1) is 0 Å². The molecule has 0 aliphatic rings. The number of hydrogen-bond acceptors (Lipinski definition) is 2. The molecule has 0 saturated heterocycles. The van der Waals surface area contributed by atoms with Gasteiger partial charge in [0, 0.05) is 27.0 Å². The molecular weight excluding hydrogens is 340 g/mol. The monoisotopic (exact) mass is 352 g/mol. The molecule has 0 bridgehead atoms. The van der Waals surface area contributed by atoms with Crippen LogP contribution in [0.2, 0.25) is 5.02 Å². The van der Waals surface area contributed by atoms with E-state index in [1.165, 1.54) is 0 Å². The summed E-state index contributed by atoms with van der Waals surface area (Å²) in [7, 11) is 1.58. The lowest BCUT2D eigenvalue weighted by Gasteiger charge is -2.09. The number of aryl methyl sites for hydroxylation is 1. The molecule has 0 spiro atoms. The molecule has 0 unspecified atom stereocenters. The number of carbonyl (C=O) groups excluding carboxylic acids is 1. The fourth-order valence-corrected chi connectivity index (χ4v) is 2.42. The lowest BCUT2D eigenvalue weighted by Crippen LogP contribution is -2.05. The summed E-state index contributed by atoms with van der Waals surface area (Å²) in [6.07, 6.45) is 0.269. The van der Waals surface area contributed by atoms with Crippen molar-refractivity contribution in [2.24, 2.45) is 0 Å². The summed E-state index contributed by atoms with van der Waals surface area (Å²) in [5.41, 5.74) is 2.52. The van der Waals surface area contributed by atoms with Gasteiger partial charge >= 0.3 is 0 Å². The third-order valence-electron chi connectivity index (χ3n) is 3.07.